The first kappa shape index (κ1) is 13.3. The zero-order chi connectivity index (χ0) is 12.2. The Balaban J connectivity index is 2.80. The largest absolute Gasteiger partial charge is 0.283 e. The van der Waals surface area contributed by atoms with Crippen molar-refractivity contribution in [2.75, 3.05) is 9.93 Å². The fraction of sp³-hybridized carbons (Fsp3) is 0.455. The van der Waals surface area contributed by atoms with E-state index < -0.39 is 15.2 Å². The minimum absolute atomic E-state index is 0.430. The van der Waals surface area contributed by atoms with Crippen molar-refractivity contribution in [3.05, 3.63) is 29.8 Å². The Morgan fingerprint density at radius 3 is 2.31 bits per heavy atom. The lowest BCUT2D eigenvalue weighted by Crippen LogP contribution is -2.13. The highest BCUT2D eigenvalue weighted by Gasteiger charge is 2.08. The first-order chi connectivity index (χ1) is 7.48. The lowest BCUT2D eigenvalue weighted by molar-refractivity contribution is 0.605. The van der Waals surface area contributed by atoms with Crippen molar-refractivity contribution < 1.29 is 8.42 Å². The van der Waals surface area contributed by atoms with Gasteiger partial charge in [-0.05, 0) is 30.0 Å². The van der Waals surface area contributed by atoms with Crippen molar-refractivity contribution in [2.45, 2.75) is 26.2 Å². The van der Waals surface area contributed by atoms with Crippen LogP contribution in [0.2, 0.25) is 0 Å². The third-order valence-corrected chi connectivity index (χ3v) is 4.20. The van der Waals surface area contributed by atoms with Crippen LogP contribution in [0.3, 0.4) is 0 Å². The van der Waals surface area contributed by atoms with Crippen molar-refractivity contribution in [1.29, 1.82) is 0 Å². The van der Waals surface area contributed by atoms with Crippen LogP contribution < -0.4 is 4.72 Å². The van der Waals surface area contributed by atoms with Gasteiger partial charge < -0.3 is 0 Å². The molecular formula is C11H16ClNO2S. The second-order valence-corrected chi connectivity index (χ2v) is 6.06. The molecule has 0 amide bonds. The number of sulfonamides is 1. The summed E-state index contributed by atoms with van der Waals surface area (Å²) in [4.78, 5) is 0. The monoisotopic (exact) mass is 261 g/mol. The van der Waals surface area contributed by atoms with Crippen LogP contribution in [-0.2, 0) is 10.0 Å². The fourth-order valence-corrected chi connectivity index (χ4v) is 2.04. The van der Waals surface area contributed by atoms with Gasteiger partial charge in [0.1, 0.15) is 5.21 Å². The smallest absolute Gasteiger partial charge is 0.246 e. The van der Waals surface area contributed by atoms with E-state index in [9.17, 15) is 8.42 Å². The highest BCUT2D eigenvalue weighted by Crippen LogP contribution is 2.20. The molecule has 1 unspecified atom stereocenters. The summed E-state index contributed by atoms with van der Waals surface area (Å²) in [6.45, 7) is 4.26. The molecule has 5 heteroatoms. The van der Waals surface area contributed by atoms with Gasteiger partial charge in [-0.15, -0.1) is 11.6 Å². The molecule has 16 heavy (non-hydrogen) atoms. The number of hydrogen-bond acceptors (Lipinski definition) is 2. The average molecular weight is 262 g/mol. The molecule has 3 nitrogen and oxygen atoms in total. The zero-order valence-corrected chi connectivity index (χ0v) is 11.0. The third kappa shape index (κ3) is 3.68. The molecule has 0 saturated heterocycles. The lowest BCUT2D eigenvalue weighted by Gasteiger charge is -2.10. The lowest BCUT2D eigenvalue weighted by atomic mass is 9.99. The molecule has 0 bridgehead atoms. The summed E-state index contributed by atoms with van der Waals surface area (Å²) in [5.74, 6) is 0.485. The molecule has 0 aromatic heterocycles. The van der Waals surface area contributed by atoms with Gasteiger partial charge in [-0.25, -0.2) is 8.42 Å². The number of rotatable bonds is 5. The van der Waals surface area contributed by atoms with E-state index in [1.54, 1.807) is 12.1 Å². The summed E-state index contributed by atoms with van der Waals surface area (Å²) < 4.78 is 24.8. The molecule has 0 radical (unpaired) electrons. The molecule has 1 aromatic rings. The van der Waals surface area contributed by atoms with E-state index >= 15 is 0 Å². The summed E-state index contributed by atoms with van der Waals surface area (Å²) in [5.41, 5.74) is 1.75. The van der Waals surface area contributed by atoms with Crippen molar-refractivity contribution >= 4 is 27.3 Å². The summed E-state index contributed by atoms with van der Waals surface area (Å²) in [7, 11) is -3.40. The maximum atomic E-state index is 11.2. The van der Waals surface area contributed by atoms with E-state index in [1.165, 1.54) is 5.56 Å². The van der Waals surface area contributed by atoms with Gasteiger partial charge in [0.2, 0.25) is 10.0 Å². The second-order valence-electron chi connectivity index (χ2n) is 3.76. The highest BCUT2D eigenvalue weighted by atomic mass is 35.5. The van der Waals surface area contributed by atoms with Crippen LogP contribution in [0.1, 0.15) is 31.7 Å². The first-order valence-electron chi connectivity index (χ1n) is 5.15. The number of hydrogen-bond donors (Lipinski definition) is 1. The Bertz CT molecular complexity index is 428. The fourth-order valence-electron chi connectivity index (χ4n) is 1.32. The standard InChI is InChI=1S/C11H16ClNO2S/c1-3-9(2)10-4-6-11(7-5-10)13-16(14,15)8-12/h4-7,9,13H,3,8H2,1-2H3. The van der Waals surface area contributed by atoms with Gasteiger partial charge in [-0.3, -0.25) is 4.72 Å². The van der Waals surface area contributed by atoms with Crippen LogP contribution in [0, 0.1) is 0 Å². The van der Waals surface area contributed by atoms with E-state index in [1.807, 2.05) is 12.1 Å². The average Bonchev–Trinajstić information content (AvgIpc) is 2.28. The van der Waals surface area contributed by atoms with Gasteiger partial charge in [-0.2, -0.15) is 0 Å². The predicted octanol–water partition coefficient (Wildman–Crippen LogP) is 3.14. The minimum Gasteiger partial charge on any atom is -0.283 e. The van der Waals surface area contributed by atoms with Crippen LogP contribution in [0.5, 0.6) is 0 Å². The van der Waals surface area contributed by atoms with Crippen LogP contribution in [-0.4, -0.2) is 13.6 Å². The maximum Gasteiger partial charge on any atom is 0.246 e. The molecule has 0 aliphatic heterocycles. The number of nitrogens with one attached hydrogen (secondary N) is 1. The van der Waals surface area contributed by atoms with E-state index in [-0.39, 0.29) is 0 Å². The third-order valence-electron chi connectivity index (χ3n) is 2.51. The molecule has 0 spiro atoms. The number of anilines is 1. The Labute approximate surface area is 102 Å². The maximum absolute atomic E-state index is 11.2. The Morgan fingerprint density at radius 1 is 1.31 bits per heavy atom. The highest BCUT2D eigenvalue weighted by molar-refractivity contribution is 7.93. The molecular weight excluding hydrogens is 246 g/mol. The summed E-state index contributed by atoms with van der Waals surface area (Å²) in [6, 6.07) is 7.37. The molecule has 1 atom stereocenters. The number of halogens is 1. The molecule has 1 aromatic carbocycles. The topological polar surface area (TPSA) is 46.2 Å². The van der Waals surface area contributed by atoms with Gasteiger partial charge in [0, 0.05) is 5.69 Å². The normalized spacial score (nSPS) is 13.4. The molecule has 0 fully saturated rings. The van der Waals surface area contributed by atoms with Crippen LogP contribution in [0.4, 0.5) is 5.69 Å². The van der Waals surface area contributed by atoms with Gasteiger partial charge in [-0.1, -0.05) is 26.0 Å². The molecule has 1 N–H and O–H groups in total. The molecule has 90 valence electrons. The minimum atomic E-state index is -3.40. The van der Waals surface area contributed by atoms with Gasteiger partial charge >= 0.3 is 0 Å². The number of alkyl halides is 1. The quantitative estimate of drug-likeness (QED) is 0.828. The van der Waals surface area contributed by atoms with Gasteiger partial charge in [0.25, 0.3) is 0 Å². The summed E-state index contributed by atoms with van der Waals surface area (Å²) in [6.07, 6.45) is 1.06. The van der Waals surface area contributed by atoms with Gasteiger partial charge in [0.15, 0.2) is 0 Å². The Morgan fingerprint density at radius 2 is 1.88 bits per heavy atom. The first-order valence-corrected chi connectivity index (χ1v) is 7.33. The molecule has 0 saturated carbocycles. The molecule has 0 heterocycles. The summed E-state index contributed by atoms with van der Waals surface area (Å²) >= 11 is 5.30. The van der Waals surface area contributed by atoms with Crippen LogP contribution >= 0.6 is 11.6 Å². The second kappa shape index (κ2) is 5.55. The zero-order valence-electron chi connectivity index (χ0n) is 9.40. The number of benzene rings is 1. The Hall–Kier alpha value is -0.740. The van der Waals surface area contributed by atoms with Crippen LogP contribution in [0.15, 0.2) is 24.3 Å². The van der Waals surface area contributed by atoms with E-state index in [2.05, 4.69) is 18.6 Å². The van der Waals surface area contributed by atoms with Crippen molar-refractivity contribution in [1.82, 2.24) is 0 Å². The molecule has 1 rings (SSSR count). The molecule has 0 aliphatic rings. The van der Waals surface area contributed by atoms with E-state index in [4.69, 9.17) is 11.6 Å². The van der Waals surface area contributed by atoms with Crippen molar-refractivity contribution in [3.63, 3.8) is 0 Å². The molecule has 0 aliphatic carbocycles. The van der Waals surface area contributed by atoms with Gasteiger partial charge in [0.05, 0.1) is 0 Å². The predicted molar refractivity (Wildman–Crippen MR) is 68.4 cm³/mol. The van der Waals surface area contributed by atoms with E-state index in [0.717, 1.165) is 6.42 Å². The SMILES string of the molecule is CCC(C)c1ccc(NS(=O)(=O)CCl)cc1. The summed E-state index contributed by atoms with van der Waals surface area (Å²) in [5, 5.41) is -0.430. The van der Waals surface area contributed by atoms with Crippen LogP contribution in [0.25, 0.3) is 0 Å². The van der Waals surface area contributed by atoms with Crippen molar-refractivity contribution in [3.8, 4) is 0 Å². The van der Waals surface area contributed by atoms with Crippen molar-refractivity contribution in [2.24, 2.45) is 0 Å². The van der Waals surface area contributed by atoms with E-state index in [0.29, 0.717) is 11.6 Å². The Kier molecular flexibility index (Phi) is 4.62.